The van der Waals surface area contributed by atoms with Gasteiger partial charge < -0.3 is 0 Å². The first kappa shape index (κ1) is 17.1. The minimum Gasteiger partial charge on any atom is -0.255 e. The van der Waals surface area contributed by atoms with Crippen molar-refractivity contribution in [2.45, 2.75) is 37.2 Å². The van der Waals surface area contributed by atoms with Crippen molar-refractivity contribution in [3.8, 4) is 0 Å². The molecule has 6 heteroatoms. The minimum atomic E-state index is -3.79. The molecular formula is C20H19FN2O2S. The third-order valence-electron chi connectivity index (χ3n) is 4.64. The van der Waals surface area contributed by atoms with Crippen LogP contribution in [-0.4, -0.2) is 23.7 Å². The molecule has 1 aliphatic rings. The third-order valence-corrected chi connectivity index (χ3v) is 6.57. The van der Waals surface area contributed by atoms with E-state index in [0.717, 1.165) is 23.8 Å². The predicted octanol–water partition coefficient (Wildman–Crippen LogP) is 4.04. The molecule has 0 atom stereocenters. The summed E-state index contributed by atoms with van der Waals surface area (Å²) in [5.41, 5.74) is 1.81. The number of pyridine rings is 1. The van der Waals surface area contributed by atoms with Crippen LogP contribution in [0.25, 0.3) is 10.9 Å². The van der Waals surface area contributed by atoms with Gasteiger partial charge in [0.15, 0.2) is 0 Å². The summed E-state index contributed by atoms with van der Waals surface area (Å²) in [6, 6.07) is 13.3. The Morgan fingerprint density at radius 1 is 1.15 bits per heavy atom. The summed E-state index contributed by atoms with van der Waals surface area (Å²) < 4.78 is 42.3. The van der Waals surface area contributed by atoms with E-state index in [9.17, 15) is 12.8 Å². The molecule has 0 radical (unpaired) electrons. The molecule has 0 N–H and O–H groups in total. The van der Waals surface area contributed by atoms with Gasteiger partial charge in [-0.05, 0) is 43.5 Å². The Morgan fingerprint density at radius 3 is 2.65 bits per heavy atom. The molecule has 134 valence electrons. The Kier molecular flexibility index (Phi) is 4.25. The van der Waals surface area contributed by atoms with Gasteiger partial charge in [-0.25, -0.2) is 12.8 Å². The second-order valence-electron chi connectivity index (χ2n) is 6.71. The van der Waals surface area contributed by atoms with Gasteiger partial charge in [0.1, 0.15) is 10.7 Å². The number of aryl methyl sites for hydroxylation is 1. The topological polar surface area (TPSA) is 50.3 Å². The summed E-state index contributed by atoms with van der Waals surface area (Å²) >= 11 is 0. The molecule has 1 saturated carbocycles. The number of sulfonamides is 1. The van der Waals surface area contributed by atoms with E-state index in [0.29, 0.717) is 11.1 Å². The zero-order chi connectivity index (χ0) is 18.3. The summed E-state index contributed by atoms with van der Waals surface area (Å²) in [5, 5.41) is 0.785. The van der Waals surface area contributed by atoms with Crippen LogP contribution in [0.3, 0.4) is 0 Å². The molecule has 0 amide bonds. The summed E-state index contributed by atoms with van der Waals surface area (Å²) in [6.07, 6.45) is 3.26. The fourth-order valence-corrected chi connectivity index (χ4v) is 4.98. The third kappa shape index (κ3) is 3.10. The monoisotopic (exact) mass is 370 g/mol. The largest absolute Gasteiger partial charge is 0.255 e. The van der Waals surface area contributed by atoms with Crippen LogP contribution in [-0.2, 0) is 16.6 Å². The van der Waals surface area contributed by atoms with Crippen LogP contribution >= 0.6 is 0 Å². The van der Waals surface area contributed by atoms with Gasteiger partial charge in [0.25, 0.3) is 0 Å². The van der Waals surface area contributed by atoms with Gasteiger partial charge in [-0.3, -0.25) is 4.98 Å². The quantitative estimate of drug-likeness (QED) is 0.681. The molecule has 0 aliphatic heterocycles. The van der Waals surface area contributed by atoms with Crippen LogP contribution in [0.4, 0.5) is 4.39 Å². The van der Waals surface area contributed by atoms with Crippen molar-refractivity contribution in [3.05, 3.63) is 71.7 Å². The zero-order valence-corrected chi connectivity index (χ0v) is 15.2. The first-order valence-corrected chi connectivity index (χ1v) is 10.0. The van der Waals surface area contributed by atoms with Crippen molar-refractivity contribution in [2.75, 3.05) is 0 Å². The highest BCUT2D eigenvalue weighted by atomic mass is 32.2. The Labute approximate surface area is 152 Å². The highest BCUT2D eigenvalue weighted by molar-refractivity contribution is 7.89. The van der Waals surface area contributed by atoms with Crippen LogP contribution in [0.5, 0.6) is 0 Å². The Morgan fingerprint density at radius 2 is 1.92 bits per heavy atom. The first-order valence-electron chi connectivity index (χ1n) is 8.57. The molecule has 1 aromatic heterocycles. The normalized spacial score (nSPS) is 14.9. The van der Waals surface area contributed by atoms with Crippen molar-refractivity contribution < 1.29 is 12.8 Å². The smallest absolute Gasteiger partial charge is 0.245 e. The molecule has 0 saturated heterocycles. The molecule has 2 aromatic carbocycles. The molecule has 1 fully saturated rings. The lowest BCUT2D eigenvalue weighted by atomic mass is 10.2. The van der Waals surface area contributed by atoms with E-state index in [4.69, 9.17) is 0 Å². The van der Waals surface area contributed by atoms with Gasteiger partial charge in [-0.15, -0.1) is 0 Å². The highest BCUT2D eigenvalue weighted by Crippen LogP contribution is 2.35. The number of para-hydroxylation sites is 1. The van der Waals surface area contributed by atoms with Crippen LogP contribution < -0.4 is 0 Å². The number of nitrogens with zero attached hydrogens (tertiary/aromatic N) is 2. The fourth-order valence-electron chi connectivity index (χ4n) is 3.14. The van der Waals surface area contributed by atoms with Gasteiger partial charge in [-0.2, -0.15) is 4.31 Å². The predicted molar refractivity (Wildman–Crippen MR) is 98.6 cm³/mol. The number of aromatic nitrogens is 1. The number of rotatable bonds is 5. The van der Waals surface area contributed by atoms with Gasteiger partial charge in [0.05, 0.1) is 5.52 Å². The average Bonchev–Trinajstić information content (AvgIpc) is 3.45. The van der Waals surface area contributed by atoms with E-state index in [1.165, 1.54) is 10.4 Å². The van der Waals surface area contributed by atoms with Crippen LogP contribution in [0, 0.1) is 12.7 Å². The van der Waals surface area contributed by atoms with E-state index < -0.39 is 10.0 Å². The lowest BCUT2D eigenvalue weighted by Crippen LogP contribution is -2.33. The lowest BCUT2D eigenvalue weighted by molar-refractivity contribution is 0.392. The fraction of sp³-hybridized carbons (Fsp3) is 0.250. The molecule has 1 heterocycles. The van der Waals surface area contributed by atoms with Crippen molar-refractivity contribution >= 4 is 20.9 Å². The number of halogens is 1. The van der Waals surface area contributed by atoms with Crippen molar-refractivity contribution in [2.24, 2.45) is 0 Å². The maximum absolute atomic E-state index is 14.1. The van der Waals surface area contributed by atoms with Gasteiger partial charge in [0.2, 0.25) is 10.0 Å². The molecule has 3 aromatic rings. The minimum absolute atomic E-state index is 0.0297. The maximum atomic E-state index is 14.1. The van der Waals surface area contributed by atoms with E-state index in [-0.39, 0.29) is 23.3 Å². The number of fused-ring (bicyclic) bond motifs is 1. The maximum Gasteiger partial charge on any atom is 0.245 e. The van der Waals surface area contributed by atoms with Gasteiger partial charge in [0, 0.05) is 29.7 Å². The standard InChI is InChI=1S/C20H19FN2O2S/c1-14-11-15-6-4-8-19(20(15)22-12-14)26(24,25)23(17-9-10-17)13-16-5-2-3-7-18(16)21/h2-8,11-12,17H,9-10,13H2,1H3. The lowest BCUT2D eigenvalue weighted by Gasteiger charge is -2.23. The van der Waals surface area contributed by atoms with E-state index in [1.807, 2.05) is 19.1 Å². The van der Waals surface area contributed by atoms with Crippen LogP contribution in [0.15, 0.2) is 59.6 Å². The first-order chi connectivity index (χ1) is 12.5. The van der Waals surface area contributed by atoms with Gasteiger partial charge >= 0.3 is 0 Å². The second kappa shape index (κ2) is 6.45. The van der Waals surface area contributed by atoms with Gasteiger partial charge in [-0.1, -0.05) is 30.3 Å². The number of hydrogen-bond acceptors (Lipinski definition) is 3. The van der Waals surface area contributed by atoms with E-state index >= 15 is 0 Å². The van der Waals surface area contributed by atoms with E-state index in [2.05, 4.69) is 4.98 Å². The number of hydrogen-bond donors (Lipinski definition) is 0. The zero-order valence-electron chi connectivity index (χ0n) is 14.4. The molecular weight excluding hydrogens is 351 g/mol. The molecule has 1 aliphatic carbocycles. The van der Waals surface area contributed by atoms with Crippen molar-refractivity contribution in [3.63, 3.8) is 0 Å². The molecule has 0 spiro atoms. The summed E-state index contributed by atoms with van der Waals surface area (Å²) in [4.78, 5) is 4.53. The second-order valence-corrected chi connectivity index (χ2v) is 8.57. The molecule has 0 unspecified atom stereocenters. The van der Waals surface area contributed by atoms with Crippen LogP contribution in [0.2, 0.25) is 0 Å². The number of benzene rings is 2. The van der Waals surface area contributed by atoms with E-state index in [1.54, 1.807) is 36.5 Å². The summed E-state index contributed by atoms with van der Waals surface area (Å²) in [7, 11) is -3.79. The van der Waals surface area contributed by atoms with Crippen molar-refractivity contribution in [1.29, 1.82) is 0 Å². The molecule has 4 nitrogen and oxygen atoms in total. The SMILES string of the molecule is Cc1cnc2c(S(=O)(=O)N(Cc3ccccc3F)C3CC3)cccc2c1. The molecule has 4 rings (SSSR count). The average molecular weight is 370 g/mol. The Hall–Kier alpha value is -2.31. The Balaban J connectivity index is 1.80. The van der Waals surface area contributed by atoms with Crippen LogP contribution in [0.1, 0.15) is 24.0 Å². The summed E-state index contributed by atoms with van der Waals surface area (Å²) in [5.74, 6) is -0.389. The summed E-state index contributed by atoms with van der Waals surface area (Å²) in [6.45, 7) is 1.95. The molecule has 0 bridgehead atoms. The highest BCUT2D eigenvalue weighted by Gasteiger charge is 2.39. The molecule has 26 heavy (non-hydrogen) atoms. The van der Waals surface area contributed by atoms with Crippen molar-refractivity contribution in [1.82, 2.24) is 9.29 Å². The Bertz CT molecular complexity index is 1080.